The Morgan fingerprint density at radius 1 is 1.36 bits per heavy atom. The van der Waals surface area contributed by atoms with Crippen molar-refractivity contribution in [2.45, 2.75) is 53.4 Å². The third-order valence-electron chi connectivity index (χ3n) is 3.22. The lowest BCUT2D eigenvalue weighted by molar-refractivity contribution is 0.591. The molecular weight excluding hydrogens is 168 g/mol. The van der Waals surface area contributed by atoms with Crippen LogP contribution in [0.4, 0.5) is 0 Å². The highest BCUT2D eigenvalue weighted by Gasteiger charge is 2.11. The van der Waals surface area contributed by atoms with Gasteiger partial charge in [-0.25, -0.2) is 0 Å². The van der Waals surface area contributed by atoms with Gasteiger partial charge in [0.2, 0.25) is 0 Å². The molecule has 0 fully saturated rings. The van der Waals surface area contributed by atoms with Crippen LogP contribution in [0.3, 0.4) is 0 Å². The van der Waals surface area contributed by atoms with Gasteiger partial charge in [-0.05, 0) is 44.4 Å². The molecule has 0 nitrogen and oxygen atoms in total. The number of hydrogen-bond donors (Lipinski definition) is 0. The smallest absolute Gasteiger partial charge is 0.0197 e. The van der Waals surface area contributed by atoms with Crippen LogP contribution in [0.2, 0.25) is 0 Å². The van der Waals surface area contributed by atoms with Crippen LogP contribution in [0.1, 0.15) is 53.4 Å². The predicted octanol–water partition coefficient (Wildman–Crippen LogP) is 4.73. The van der Waals surface area contributed by atoms with Gasteiger partial charge in [0.05, 0.1) is 0 Å². The molecule has 0 N–H and O–H groups in total. The maximum absolute atomic E-state index is 2.35. The van der Waals surface area contributed by atoms with Crippen molar-refractivity contribution in [3.63, 3.8) is 0 Å². The van der Waals surface area contributed by atoms with E-state index < -0.39 is 0 Å². The van der Waals surface area contributed by atoms with Gasteiger partial charge in [0, 0.05) is 0 Å². The van der Waals surface area contributed by atoms with E-state index in [1.165, 1.54) is 25.7 Å². The molecule has 0 saturated carbocycles. The minimum atomic E-state index is 0.750. The number of allylic oxidation sites excluding steroid dienone is 4. The molecule has 0 aromatic heterocycles. The summed E-state index contributed by atoms with van der Waals surface area (Å²) >= 11 is 0. The first-order valence-corrected chi connectivity index (χ1v) is 5.94. The molecule has 1 aliphatic rings. The van der Waals surface area contributed by atoms with Gasteiger partial charge < -0.3 is 0 Å². The normalized spacial score (nSPS) is 31.4. The summed E-state index contributed by atoms with van der Waals surface area (Å²) in [6.45, 7) is 9.33. The van der Waals surface area contributed by atoms with Crippen LogP contribution in [0.5, 0.6) is 0 Å². The minimum Gasteiger partial charge on any atom is -0.0882 e. The zero-order chi connectivity index (χ0) is 10.6. The van der Waals surface area contributed by atoms with Crippen molar-refractivity contribution >= 4 is 0 Å². The predicted molar refractivity (Wildman–Crippen MR) is 64.3 cm³/mol. The highest BCUT2D eigenvalue weighted by atomic mass is 14.2. The fourth-order valence-electron chi connectivity index (χ4n) is 2.15. The summed E-state index contributed by atoms with van der Waals surface area (Å²) in [7, 11) is 0. The summed E-state index contributed by atoms with van der Waals surface area (Å²) in [5, 5.41) is 0. The van der Waals surface area contributed by atoms with Gasteiger partial charge in [-0.15, -0.1) is 0 Å². The van der Waals surface area contributed by atoms with E-state index in [4.69, 9.17) is 0 Å². The Morgan fingerprint density at radius 3 is 2.71 bits per heavy atom. The average molecular weight is 192 g/mol. The first-order chi connectivity index (χ1) is 6.61. The zero-order valence-electron chi connectivity index (χ0n) is 10.1. The molecule has 1 aliphatic carbocycles. The van der Waals surface area contributed by atoms with E-state index in [2.05, 4.69) is 39.8 Å². The van der Waals surface area contributed by atoms with Crippen molar-refractivity contribution in [3.8, 4) is 0 Å². The molecule has 0 radical (unpaired) electrons. The Morgan fingerprint density at radius 2 is 2.07 bits per heavy atom. The van der Waals surface area contributed by atoms with E-state index in [9.17, 15) is 0 Å². The van der Waals surface area contributed by atoms with Gasteiger partial charge >= 0.3 is 0 Å². The Labute approximate surface area is 89.1 Å². The van der Waals surface area contributed by atoms with Crippen molar-refractivity contribution in [2.24, 2.45) is 11.8 Å². The first-order valence-electron chi connectivity index (χ1n) is 5.94. The molecular formula is C14H24. The lowest BCUT2D eigenvalue weighted by atomic mass is 9.86. The highest BCUT2D eigenvalue weighted by Crippen LogP contribution is 2.28. The summed E-state index contributed by atoms with van der Waals surface area (Å²) in [5.74, 6) is 1.55. The fraction of sp³-hybridized carbons (Fsp3) is 0.714. The van der Waals surface area contributed by atoms with E-state index in [0.717, 1.165) is 11.8 Å². The van der Waals surface area contributed by atoms with Crippen molar-refractivity contribution < 1.29 is 0 Å². The van der Waals surface area contributed by atoms with Gasteiger partial charge in [-0.2, -0.15) is 0 Å². The van der Waals surface area contributed by atoms with Crippen molar-refractivity contribution in [1.82, 2.24) is 0 Å². The Kier molecular flexibility index (Phi) is 4.44. The second kappa shape index (κ2) is 5.38. The second-order valence-electron chi connectivity index (χ2n) is 5.03. The molecule has 1 atom stereocenters. The summed E-state index contributed by atoms with van der Waals surface area (Å²) in [6.07, 6.45) is 9.75. The standard InChI is InChI=1S/C14H24/c1-11(2)10-14-9-7-5-6-8-12(3)13(14)4/h5-6,11-12H,7-10H2,1-4H3/b6-5-,14-13+. The Hall–Kier alpha value is -0.520. The van der Waals surface area contributed by atoms with Crippen molar-refractivity contribution in [2.75, 3.05) is 0 Å². The summed E-state index contributed by atoms with van der Waals surface area (Å²) < 4.78 is 0. The molecule has 80 valence electrons. The molecule has 0 bridgehead atoms. The SMILES string of the molecule is C/C1=C(\CC(C)C)CC/C=C\CC1C. The van der Waals surface area contributed by atoms with Crippen LogP contribution in [-0.4, -0.2) is 0 Å². The van der Waals surface area contributed by atoms with Crippen LogP contribution in [-0.2, 0) is 0 Å². The minimum absolute atomic E-state index is 0.750. The van der Waals surface area contributed by atoms with Crippen LogP contribution < -0.4 is 0 Å². The molecule has 0 aliphatic heterocycles. The maximum atomic E-state index is 2.35. The van der Waals surface area contributed by atoms with Gasteiger partial charge in [0.1, 0.15) is 0 Å². The maximum Gasteiger partial charge on any atom is -0.0197 e. The quantitative estimate of drug-likeness (QED) is 0.555. The molecule has 1 rings (SSSR count). The fourth-order valence-corrected chi connectivity index (χ4v) is 2.15. The van der Waals surface area contributed by atoms with Crippen molar-refractivity contribution in [1.29, 1.82) is 0 Å². The summed E-state index contributed by atoms with van der Waals surface area (Å²) in [6, 6.07) is 0. The number of rotatable bonds is 2. The van der Waals surface area contributed by atoms with E-state index in [0.29, 0.717) is 0 Å². The van der Waals surface area contributed by atoms with Crippen LogP contribution in [0, 0.1) is 11.8 Å². The monoisotopic (exact) mass is 192 g/mol. The van der Waals surface area contributed by atoms with Crippen LogP contribution in [0.15, 0.2) is 23.3 Å². The summed E-state index contributed by atoms with van der Waals surface area (Å²) in [5.41, 5.74) is 3.37. The van der Waals surface area contributed by atoms with E-state index in [1.54, 1.807) is 11.1 Å². The molecule has 1 unspecified atom stereocenters. The first kappa shape index (κ1) is 11.6. The molecule has 0 aromatic carbocycles. The van der Waals surface area contributed by atoms with Gasteiger partial charge in [-0.3, -0.25) is 0 Å². The molecule has 0 heterocycles. The Bertz CT molecular complexity index is 230. The van der Waals surface area contributed by atoms with E-state index >= 15 is 0 Å². The molecule has 0 spiro atoms. The van der Waals surface area contributed by atoms with Crippen LogP contribution in [0.25, 0.3) is 0 Å². The second-order valence-corrected chi connectivity index (χ2v) is 5.03. The third kappa shape index (κ3) is 3.32. The zero-order valence-corrected chi connectivity index (χ0v) is 10.1. The highest BCUT2D eigenvalue weighted by molar-refractivity contribution is 5.18. The van der Waals surface area contributed by atoms with Crippen molar-refractivity contribution in [3.05, 3.63) is 23.3 Å². The van der Waals surface area contributed by atoms with Crippen LogP contribution >= 0.6 is 0 Å². The lowest BCUT2D eigenvalue weighted by Gasteiger charge is -2.20. The Balaban J connectivity index is 2.74. The average Bonchev–Trinajstić information content (AvgIpc) is 2.11. The van der Waals surface area contributed by atoms with Gasteiger partial charge in [-0.1, -0.05) is 44.1 Å². The van der Waals surface area contributed by atoms with E-state index in [1.807, 2.05) is 0 Å². The topological polar surface area (TPSA) is 0 Å². The third-order valence-corrected chi connectivity index (χ3v) is 3.22. The molecule has 14 heavy (non-hydrogen) atoms. The van der Waals surface area contributed by atoms with Gasteiger partial charge in [0.25, 0.3) is 0 Å². The van der Waals surface area contributed by atoms with Gasteiger partial charge in [0.15, 0.2) is 0 Å². The molecule has 0 saturated heterocycles. The number of hydrogen-bond acceptors (Lipinski definition) is 0. The summed E-state index contributed by atoms with van der Waals surface area (Å²) in [4.78, 5) is 0. The largest absolute Gasteiger partial charge is 0.0882 e. The molecule has 0 heteroatoms. The molecule has 0 amide bonds. The van der Waals surface area contributed by atoms with E-state index in [-0.39, 0.29) is 0 Å². The molecule has 0 aromatic rings. The lowest BCUT2D eigenvalue weighted by Crippen LogP contribution is -2.04.